The van der Waals surface area contributed by atoms with Gasteiger partial charge in [-0.3, -0.25) is 0 Å². The maximum absolute atomic E-state index is 4.35. The Morgan fingerprint density at radius 3 is 2.80 bits per heavy atom. The zero-order valence-corrected chi connectivity index (χ0v) is 11.8. The Bertz CT molecular complexity index is 594. The maximum Gasteiger partial charge on any atom is 0.138 e. The molecule has 0 spiro atoms. The Morgan fingerprint density at radius 1 is 1.20 bits per heavy atom. The highest BCUT2D eigenvalue weighted by atomic mass is 15.2. The van der Waals surface area contributed by atoms with E-state index in [1.165, 1.54) is 12.8 Å². The number of anilines is 4. The summed E-state index contributed by atoms with van der Waals surface area (Å²) < 4.78 is 0. The first kappa shape index (κ1) is 12.7. The van der Waals surface area contributed by atoms with Gasteiger partial charge >= 0.3 is 0 Å². The highest BCUT2D eigenvalue weighted by Gasteiger charge is 2.21. The minimum atomic E-state index is 0.593. The Labute approximate surface area is 119 Å². The van der Waals surface area contributed by atoms with Gasteiger partial charge in [0.25, 0.3) is 0 Å². The lowest BCUT2D eigenvalue weighted by atomic mass is 10.2. The third kappa shape index (κ3) is 2.82. The molecule has 104 valence electrons. The molecule has 0 unspecified atom stereocenters. The van der Waals surface area contributed by atoms with Crippen molar-refractivity contribution in [3.63, 3.8) is 0 Å². The molecule has 1 fully saturated rings. The molecular weight excluding hydrogens is 250 g/mol. The first-order valence-corrected chi connectivity index (χ1v) is 6.86. The van der Waals surface area contributed by atoms with Crippen LogP contribution in [0.15, 0.2) is 36.7 Å². The molecule has 20 heavy (non-hydrogen) atoms. The second kappa shape index (κ2) is 5.36. The molecule has 5 heteroatoms. The summed E-state index contributed by atoms with van der Waals surface area (Å²) >= 11 is 0. The lowest BCUT2D eigenvalue weighted by Gasteiger charge is -2.19. The predicted molar refractivity (Wildman–Crippen MR) is 82.7 cm³/mol. The van der Waals surface area contributed by atoms with E-state index in [1.807, 2.05) is 32.3 Å². The van der Waals surface area contributed by atoms with Crippen LogP contribution in [0, 0.1) is 0 Å². The Balaban J connectivity index is 1.82. The molecule has 1 aromatic heterocycles. The fourth-order valence-corrected chi connectivity index (χ4v) is 2.05. The maximum atomic E-state index is 4.35. The summed E-state index contributed by atoms with van der Waals surface area (Å²) in [5.74, 6) is 1.78. The number of hydrogen-bond acceptors (Lipinski definition) is 5. The van der Waals surface area contributed by atoms with Crippen molar-refractivity contribution in [3.05, 3.63) is 36.7 Å². The van der Waals surface area contributed by atoms with Gasteiger partial charge in [0.2, 0.25) is 0 Å². The van der Waals surface area contributed by atoms with Gasteiger partial charge in [-0.1, -0.05) is 6.07 Å². The molecular formula is C15H19N5. The summed E-state index contributed by atoms with van der Waals surface area (Å²) in [6.07, 6.45) is 4.08. The van der Waals surface area contributed by atoms with E-state index in [0.717, 1.165) is 23.0 Å². The minimum absolute atomic E-state index is 0.593. The van der Waals surface area contributed by atoms with Gasteiger partial charge in [-0.15, -0.1) is 0 Å². The van der Waals surface area contributed by atoms with Crippen molar-refractivity contribution in [3.8, 4) is 0 Å². The monoisotopic (exact) mass is 269 g/mol. The average molecular weight is 269 g/mol. The Kier molecular flexibility index (Phi) is 3.41. The number of rotatable bonds is 5. The van der Waals surface area contributed by atoms with Gasteiger partial charge < -0.3 is 15.5 Å². The largest absolute Gasteiger partial charge is 0.388 e. The van der Waals surface area contributed by atoms with Gasteiger partial charge in [-0.2, -0.15) is 0 Å². The second-order valence-electron chi connectivity index (χ2n) is 5.04. The quantitative estimate of drug-likeness (QED) is 0.874. The van der Waals surface area contributed by atoms with Crippen molar-refractivity contribution >= 4 is 23.0 Å². The third-order valence-electron chi connectivity index (χ3n) is 3.45. The summed E-state index contributed by atoms with van der Waals surface area (Å²) in [5.41, 5.74) is 2.17. The molecule has 2 aromatic rings. The van der Waals surface area contributed by atoms with Crippen LogP contribution in [0.4, 0.5) is 23.0 Å². The highest BCUT2D eigenvalue weighted by Crippen LogP contribution is 2.27. The van der Waals surface area contributed by atoms with Crippen LogP contribution in [0.3, 0.4) is 0 Å². The van der Waals surface area contributed by atoms with E-state index in [2.05, 4.69) is 37.6 Å². The summed E-state index contributed by atoms with van der Waals surface area (Å²) in [6, 6.07) is 10.8. The van der Waals surface area contributed by atoms with Crippen LogP contribution in [0.5, 0.6) is 0 Å². The van der Waals surface area contributed by atoms with Crippen LogP contribution in [0.2, 0.25) is 0 Å². The van der Waals surface area contributed by atoms with Crippen LogP contribution < -0.4 is 15.5 Å². The van der Waals surface area contributed by atoms with Gasteiger partial charge in [-0.25, -0.2) is 9.97 Å². The summed E-state index contributed by atoms with van der Waals surface area (Å²) in [4.78, 5) is 10.7. The van der Waals surface area contributed by atoms with Crippen LogP contribution >= 0.6 is 0 Å². The standard InChI is InChI=1S/C15H19N5/c1-16-12-4-3-5-13(8-12)20(2)15-9-14(17-10-18-15)19-11-6-7-11/h3-5,8-11,16H,6-7H2,1-2H3,(H,17,18,19). The first-order valence-electron chi connectivity index (χ1n) is 6.86. The van der Waals surface area contributed by atoms with E-state index in [4.69, 9.17) is 0 Å². The molecule has 1 heterocycles. The van der Waals surface area contributed by atoms with Crippen molar-refractivity contribution in [2.45, 2.75) is 18.9 Å². The fourth-order valence-electron chi connectivity index (χ4n) is 2.05. The number of nitrogens with zero attached hydrogens (tertiary/aromatic N) is 3. The van der Waals surface area contributed by atoms with E-state index >= 15 is 0 Å². The predicted octanol–water partition coefficient (Wildman–Crippen LogP) is 2.86. The van der Waals surface area contributed by atoms with Crippen LogP contribution in [0.25, 0.3) is 0 Å². The second-order valence-corrected chi connectivity index (χ2v) is 5.04. The van der Waals surface area contributed by atoms with Crippen molar-refractivity contribution in [2.24, 2.45) is 0 Å². The van der Waals surface area contributed by atoms with Gasteiger partial charge in [0, 0.05) is 37.6 Å². The zero-order valence-electron chi connectivity index (χ0n) is 11.8. The first-order chi connectivity index (χ1) is 9.76. The number of nitrogens with one attached hydrogen (secondary N) is 2. The van der Waals surface area contributed by atoms with Crippen LogP contribution in [0.1, 0.15) is 12.8 Å². The van der Waals surface area contributed by atoms with E-state index in [0.29, 0.717) is 6.04 Å². The lowest BCUT2D eigenvalue weighted by molar-refractivity contribution is 1.05. The molecule has 0 radical (unpaired) electrons. The molecule has 1 saturated carbocycles. The highest BCUT2D eigenvalue weighted by molar-refractivity contribution is 5.65. The molecule has 0 atom stereocenters. The summed E-state index contributed by atoms with van der Waals surface area (Å²) in [5, 5.41) is 6.54. The average Bonchev–Trinajstić information content (AvgIpc) is 3.31. The molecule has 5 nitrogen and oxygen atoms in total. The Hall–Kier alpha value is -2.30. The normalized spacial score (nSPS) is 13.9. The van der Waals surface area contributed by atoms with Crippen LogP contribution in [-0.4, -0.2) is 30.1 Å². The van der Waals surface area contributed by atoms with Gasteiger partial charge in [0.1, 0.15) is 18.0 Å². The smallest absolute Gasteiger partial charge is 0.138 e. The molecule has 1 aliphatic carbocycles. The van der Waals surface area contributed by atoms with Crippen molar-refractivity contribution in [2.75, 3.05) is 29.6 Å². The van der Waals surface area contributed by atoms with Gasteiger partial charge in [0.15, 0.2) is 0 Å². The molecule has 0 bridgehead atoms. The SMILES string of the molecule is CNc1cccc(N(C)c2cc(NC3CC3)ncn2)c1. The molecule has 0 amide bonds. The van der Waals surface area contributed by atoms with Crippen molar-refractivity contribution in [1.29, 1.82) is 0 Å². The van der Waals surface area contributed by atoms with E-state index < -0.39 is 0 Å². The lowest BCUT2D eigenvalue weighted by Crippen LogP contribution is -2.13. The molecule has 2 N–H and O–H groups in total. The molecule has 3 rings (SSSR count). The van der Waals surface area contributed by atoms with E-state index in [9.17, 15) is 0 Å². The van der Waals surface area contributed by atoms with E-state index in [-0.39, 0.29) is 0 Å². The Morgan fingerprint density at radius 2 is 2.05 bits per heavy atom. The zero-order chi connectivity index (χ0) is 13.9. The molecule has 1 aromatic carbocycles. The van der Waals surface area contributed by atoms with Crippen molar-refractivity contribution in [1.82, 2.24) is 9.97 Å². The number of aromatic nitrogens is 2. The van der Waals surface area contributed by atoms with Gasteiger partial charge in [0.05, 0.1) is 0 Å². The number of hydrogen-bond donors (Lipinski definition) is 2. The molecule has 0 saturated heterocycles. The summed E-state index contributed by atoms with van der Waals surface area (Å²) in [7, 11) is 3.93. The van der Waals surface area contributed by atoms with Gasteiger partial charge in [-0.05, 0) is 31.0 Å². The summed E-state index contributed by atoms with van der Waals surface area (Å²) in [6.45, 7) is 0. The third-order valence-corrected chi connectivity index (χ3v) is 3.45. The fraction of sp³-hybridized carbons (Fsp3) is 0.333. The number of benzene rings is 1. The molecule has 0 aliphatic heterocycles. The van der Waals surface area contributed by atoms with Crippen LogP contribution in [-0.2, 0) is 0 Å². The van der Waals surface area contributed by atoms with E-state index in [1.54, 1.807) is 6.33 Å². The topological polar surface area (TPSA) is 53.1 Å². The minimum Gasteiger partial charge on any atom is -0.388 e. The molecule has 1 aliphatic rings. The van der Waals surface area contributed by atoms with Crippen molar-refractivity contribution < 1.29 is 0 Å².